The van der Waals surface area contributed by atoms with Gasteiger partial charge in [-0.05, 0) is 25.0 Å². The van der Waals surface area contributed by atoms with E-state index >= 15 is 0 Å². The summed E-state index contributed by atoms with van der Waals surface area (Å²) in [6, 6.07) is 4.60. The molecule has 0 aliphatic carbocycles. The highest BCUT2D eigenvalue weighted by Gasteiger charge is 2.21. The van der Waals surface area contributed by atoms with E-state index in [2.05, 4.69) is 5.32 Å². The van der Waals surface area contributed by atoms with Crippen molar-refractivity contribution < 1.29 is 9.18 Å². The number of nitrogens with zero attached hydrogens (tertiary/aromatic N) is 1. The topological polar surface area (TPSA) is 58.4 Å². The number of nitrogens with one attached hydrogen (secondary N) is 1. The molecule has 1 aliphatic heterocycles. The summed E-state index contributed by atoms with van der Waals surface area (Å²) in [7, 11) is 0. The minimum absolute atomic E-state index is 0.0774. The van der Waals surface area contributed by atoms with Gasteiger partial charge in [-0.1, -0.05) is 12.1 Å². The zero-order valence-electron chi connectivity index (χ0n) is 10.4. The zero-order valence-corrected chi connectivity index (χ0v) is 10.4. The average molecular weight is 251 g/mol. The van der Waals surface area contributed by atoms with E-state index < -0.39 is 0 Å². The van der Waals surface area contributed by atoms with Crippen LogP contribution in [0.4, 0.5) is 10.1 Å². The number of rotatable bonds is 2. The van der Waals surface area contributed by atoms with Gasteiger partial charge in [0.25, 0.3) is 0 Å². The van der Waals surface area contributed by atoms with Crippen LogP contribution in [0.3, 0.4) is 0 Å². The maximum absolute atomic E-state index is 14.0. The molecule has 1 saturated heterocycles. The average Bonchev–Trinajstić information content (AvgIpc) is 2.53. The summed E-state index contributed by atoms with van der Waals surface area (Å²) in [6.07, 6.45) is 0.804. The summed E-state index contributed by atoms with van der Waals surface area (Å²) in [4.78, 5) is 13.3. The van der Waals surface area contributed by atoms with Crippen molar-refractivity contribution in [1.29, 1.82) is 0 Å². The van der Waals surface area contributed by atoms with Crippen LogP contribution in [-0.4, -0.2) is 25.5 Å². The van der Waals surface area contributed by atoms with Crippen LogP contribution in [-0.2, 0) is 4.79 Å². The number of hydrogen-bond acceptors (Lipinski definition) is 3. The van der Waals surface area contributed by atoms with Gasteiger partial charge >= 0.3 is 0 Å². The van der Waals surface area contributed by atoms with Gasteiger partial charge in [0.1, 0.15) is 5.82 Å². The van der Waals surface area contributed by atoms with E-state index in [-0.39, 0.29) is 24.3 Å². The zero-order chi connectivity index (χ0) is 13.1. The highest BCUT2D eigenvalue weighted by Crippen LogP contribution is 2.28. The predicted molar refractivity (Wildman–Crippen MR) is 68.8 cm³/mol. The fourth-order valence-electron chi connectivity index (χ4n) is 2.23. The highest BCUT2D eigenvalue weighted by molar-refractivity contribution is 5.82. The lowest BCUT2D eigenvalue weighted by molar-refractivity contribution is -0.119. The van der Waals surface area contributed by atoms with Crippen molar-refractivity contribution in [3.8, 4) is 0 Å². The van der Waals surface area contributed by atoms with Gasteiger partial charge in [0.15, 0.2) is 0 Å². The molecule has 5 heteroatoms. The molecule has 0 spiro atoms. The Kier molecular flexibility index (Phi) is 3.81. The van der Waals surface area contributed by atoms with Crippen LogP contribution in [0.25, 0.3) is 0 Å². The van der Waals surface area contributed by atoms with Gasteiger partial charge < -0.3 is 16.0 Å². The molecule has 2 rings (SSSR count). The van der Waals surface area contributed by atoms with Gasteiger partial charge in [-0.3, -0.25) is 4.79 Å². The highest BCUT2D eigenvalue weighted by atomic mass is 19.1. The van der Waals surface area contributed by atoms with E-state index in [4.69, 9.17) is 5.73 Å². The van der Waals surface area contributed by atoms with Crippen LogP contribution < -0.4 is 16.0 Å². The molecule has 0 bridgehead atoms. The Morgan fingerprint density at radius 1 is 1.50 bits per heavy atom. The molecule has 0 saturated carbocycles. The van der Waals surface area contributed by atoms with Gasteiger partial charge in [-0.25, -0.2) is 4.39 Å². The van der Waals surface area contributed by atoms with Crippen molar-refractivity contribution in [3.05, 3.63) is 29.6 Å². The summed E-state index contributed by atoms with van der Waals surface area (Å²) < 4.78 is 14.0. The molecule has 1 amide bonds. The van der Waals surface area contributed by atoms with E-state index in [0.29, 0.717) is 18.8 Å². The Bertz CT molecular complexity index is 448. The number of anilines is 1. The number of halogens is 1. The van der Waals surface area contributed by atoms with Crippen molar-refractivity contribution in [3.63, 3.8) is 0 Å². The largest absolute Gasteiger partial charge is 0.360 e. The molecule has 0 unspecified atom stereocenters. The summed E-state index contributed by atoms with van der Waals surface area (Å²) in [6.45, 7) is 3.29. The fourth-order valence-corrected chi connectivity index (χ4v) is 2.23. The molecule has 4 nitrogen and oxygen atoms in total. The molecule has 98 valence electrons. The van der Waals surface area contributed by atoms with Crippen molar-refractivity contribution in [1.82, 2.24) is 5.32 Å². The number of para-hydroxylation sites is 1. The lowest BCUT2D eigenvalue weighted by Crippen LogP contribution is -2.34. The van der Waals surface area contributed by atoms with Crippen LogP contribution in [0.1, 0.15) is 24.9 Å². The van der Waals surface area contributed by atoms with Crippen LogP contribution in [0.5, 0.6) is 0 Å². The van der Waals surface area contributed by atoms with Crippen LogP contribution in [0.2, 0.25) is 0 Å². The standard InChI is InChI=1S/C13H18FN3O/c1-9(15)10-4-2-5-11(14)13(10)17-7-3-6-16-12(18)8-17/h2,4-5,9H,3,6-8,15H2,1H3,(H,16,18)/t9-/m1/s1. The first kappa shape index (κ1) is 12.8. The monoisotopic (exact) mass is 251 g/mol. The van der Waals surface area contributed by atoms with Crippen molar-refractivity contribution in [2.45, 2.75) is 19.4 Å². The first-order valence-corrected chi connectivity index (χ1v) is 6.15. The normalized spacial score (nSPS) is 18.2. The third-order valence-electron chi connectivity index (χ3n) is 3.09. The maximum Gasteiger partial charge on any atom is 0.239 e. The summed E-state index contributed by atoms with van der Waals surface area (Å²) in [5.74, 6) is -0.397. The molecule has 18 heavy (non-hydrogen) atoms. The molecule has 0 radical (unpaired) electrons. The Labute approximate surface area is 106 Å². The molecular weight excluding hydrogens is 233 g/mol. The van der Waals surface area contributed by atoms with Crippen LogP contribution in [0.15, 0.2) is 18.2 Å². The van der Waals surface area contributed by atoms with Gasteiger partial charge in [-0.2, -0.15) is 0 Å². The van der Waals surface area contributed by atoms with Crippen molar-refractivity contribution in [2.75, 3.05) is 24.5 Å². The van der Waals surface area contributed by atoms with Crippen molar-refractivity contribution in [2.24, 2.45) is 5.73 Å². The predicted octanol–water partition coefficient (Wildman–Crippen LogP) is 1.17. The van der Waals surface area contributed by atoms with Gasteiger partial charge in [0.05, 0.1) is 12.2 Å². The van der Waals surface area contributed by atoms with E-state index in [1.807, 2.05) is 13.0 Å². The second-order valence-corrected chi connectivity index (χ2v) is 4.59. The molecule has 1 aromatic carbocycles. The van der Waals surface area contributed by atoms with Crippen LogP contribution in [0, 0.1) is 5.82 Å². The molecule has 1 aliphatic rings. The summed E-state index contributed by atoms with van der Waals surface area (Å²) >= 11 is 0. The summed E-state index contributed by atoms with van der Waals surface area (Å²) in [5.41, 5.74) is 7.07. The Morgan fingerprint density at radius 3 is 3.00 bits per heavy atom. The maximum atomic E-state index is 14.0. The fraction of sp³-hybridized carbons (Fsp3) is 0.462. The molecule has 1 atom stereocenters. The van der Waals surface area contributed by atoms with E-state index in [9.17, 15) is 9.18 Å². The van der Waals surface area contributed by atoms with Crippen molar-refractivity contribution >= 4 is 11.6 Å². The van der Waals surface area contributed by atoms with Gasteiger partial charge in [0, 0.05) is 19.1 Å². The quantitative estimate of drug-likeness (QED) is 0.829. The number of hydrogen-bond donors (Lipinski definition) is 2. The first-order chi connectivity index (χ1) is 8.59. The lowest BCUT2D eigenvalue weighted by Gasteiger charge is -2.26. The molecule has 1 heterocycles. The van der Waals surface area contributed by atoms with E-state index in [0.717, 1.165) is 12.0 Å². The smallest absolute Gasteiger partial charge is 0.239 e. The molecule has 1 fully saturated rings. The SMILES string of the molecule is C[C@@H](N)c1cccc(F)c1N1CCCNC(=O)C1. The third kappa shape index (κ3) is 2.61. The number of amides is 1. The van der Waals surface area contributed by atoms with E-state index in [1.54, 1.807) is 11.0 Å². The third-order valence-corrected chi connectivity index (χ3v) is 3.09. The Balaban J connectivity index is 2.39. The number of nitrogens with two attached hydrogens (primary N) is 1. The Hall–Kier alpha value is -1.62. The summed E-state index contributed by atoms with van der Waals surface area (Å²) in [5, 5.41) is 2.78. The number of carbonyl (C=O) groups is 1. The minimum atomic E-state index is -0.320. The number of benzene rings is 1. The van der Waals surface area contributed by atoms with E-state index in [1.165, 1.54) is 6.07 Å². The Morgan fingerprint density at radius 2 is 2.28 bits per heavy atom. The molecule has 1 aromatic rings. The van der Waals surface area contributed by atoms with Gasteiger partial charge in [-0.15, -0.1) is 0 Å². The second-order valence-electron chi connectivity index (χ2n) is 4.59. The molecule has 0 aromatic heterocycles. The van der Waals surface area contributed by atoms with Crippen LogP contribution >= 0.6 is 0 Å². The minimum Gasteiger partial charge on any atom is -0.360 e. The first-order valence-electron chi connectivity index (χ1n) is 6.15. The number of carbonyl (C=O) groups excluding carboxylic acids is 1. The lowest BCUT2D eigenvalue weighted by atomic mass is 10.1. The molecule has 3 N–H and O–H groups in total. The van der Waals surface area contributed by atoms with Gasteiger partial charge in [0.2, 0.25) is 5.91 Å². The second kappa shape index (κ2) is 5.35. The molecular formula is C13H18FN3O.